The van der Waals surface area contributed by atoms with Gasteiger partial charge in [-0.3, -0.25) is 4.98 Å². The number of benzene rings is 1. The van der Waals surface area contributed by atoms with Crippen molar-refractivity contribution in [3.8, 4) is 0 Å². The zero-order chi connectivity index (χ0) is 15.9. The number of imidazole rings is 1. The minimum absolute atomic E-state index is 0.743. The fourth-order valence-corrected chi connectivity index (χ4v) is 2.99. The zero-order valence-electron chi connectivity index (χ0n) is 12.8. The van der Waals surface area contributed by atoms with Crippen LogP contribution in [0, 0.1) is 0 Å². The molecule has 0 aliphatic carbocycles. The Morgan fingerprint density at radius 1 is 0.917 bits per heavy atom. The van der Waals surface area contributed by atoms with Gasteiger partial charge in [-0.05, 0) is 24.3 Å². The summed E-state index contributed by atoms with van der Waals surface area (Å²) in [5.74, 6) is 1.76. The summed E-state index contributed by atoms with van der Waals surface area (Å²) >= 11 is 0. The van der Waals surface area contributed by atoms with Gasteiger partial charge in [-0.15, -0.1) is 0 Å². The lowest BCUT2D eigenvalue weighted by Crippen LogP contribution is -1.96. The summed E-state index contributed by atoms with van der Waals surface area (Å²) in [5.41, 5.74) is 3.74. The third-order valence-electron chi connectivity index (χ3n) is 4.14. The molecule has 0 spiro atoms. The van der Waals surface area contributed by atoms with Crippen LogP contribution in [0.5, 0.6) is 0 Å². The molecule has 1 N–H and O–H groups in total. The Kier molecular flexibility index (Phi) is 2.82. The molecule has 0 saturated carbocycles. The van der Waals surface area contributed by atoms with E-state index in [9.17, 15) is 0 Å². The first-order chi connectivity index (χ1) is 11.9. The molecule has 6 nitrogen and oxygen atoms in total. The van der Waals surface area contributed by atoms with Crippen LogP contribution in [0.4, 0.5) is 0 Å². The van der Waals surface area contributed by atoms with Crippen molar-refractivity contribution in [2.75, 3.05) is 0 Å². The highest BCUT2D eigenvalue weighted by Crippen LogP contribution is 2.21. The standard InChI is InChI=1S/C18H14N6/c1-2-11-24-16(5-1)21-15(23-24)9-8-14-20-13-7-6-12-4-3-10-19-17(12)18(13)22-14/h1-7,10-11H,8-9H2,(H,20,22). The van der Waals surface area contributed by atoms with Crippen molar-refractivity contribution in [1.82, 2.24) is 29.5 Å². The summed E-state index contributed by atoms with van der Waals surface area (Å²) < 4.78 is 1.80. The minimum atomic E-state index is 0.743. The predicted octanol–water partition coefficient (Wildman–Crippen LogP) is 2.94. The number of aromatic amines is 1. The smallest absolute Gasteiger partial charge is 0.155 e. The van der Waals surface area contributed by atoms with Crippen LogP contribution in [-0.4, -0.2) is 29.5 Å². The van der Waals surface area contributed by atoms with Crippen LogP contribution in [0.25, 0.3) is 27.6 Å². The van der Waals surface area contributed by atoms with E-state index >= 15 is 0 Å². The Bertz CT molecular complexity index is 1140. The average molecular weight is 314 g/mol. The van der Waals surface area contributed by atoms with Gasteiger partial charge in [0.1, 0.15) is 11.3 Å². The maximum atomic E-state index is 4.73. The lowest BCUT2D eigenvalue weighted by Gasteiger charge is -1.95. The molecule has 0 aliphatic heterocycles. The van der Waals surface area contributed by atoms with Crippen LogP contribution in [0.3, 0.4) is 0 Å². The van der Waals surface area contributed by atoms with Gasteiger partial charge in [0, 0.05) is 30.6 Å². The minimum Gasteiger partial charge on any atom is -0.342 e. The highest BCUT2D eigenvalue weighted by atomic mass is 15.3. The first-order valence-electron chi connectivity index (χ1n) is 7.89. The predicted molar refractivity (Wildman–Crippen MR) is 91.8 cm³/mol. The van der Waals surface area contributed by atoms with Crippen LogP contribution in [0.15, 0.2) is 54.9 Å². The van der Waals surface area contributed by atoms with Gasteiger partial charge in [0.25, 0.3) is 0 Å². The first-order valence-corrected chi connectivity index (χ1v) is 7.89. The van der Waals surface area contributed by atoms with Gasteiger partial charge < -0.3 is 4.98 Å². The molecule has 0 aliphatic rings. The maximum Gasteiger partial charge on any atom is 0.155 e. The van der Waals surface area contributed by atoms with E-state index in [0.717, 1.165) is 52.1 Å². The summed E-state index contributed by atoms with van der Waals surface area (Å²) in [4.78, 5) is 17.1. The Labute approximate surface area is 137 Å². The van der Waals surface area contributed by atoms with E-state index in [4.69, 9.17) is 4.98 Å². The molecule has 6 heteroatoms. The van der Waals surface area contributed by atoms with Crippen molar-refractivity contribution < 1.29 is 0 Å². The number of aromatic nitrogens is 6. The van der Waals surface area contributed by atoms with Crippen LogP contribution < -0.4 is 0 Å². The molecule has 116 valence electrons. The molecule has 5 rings (SSSR count). The van der Waals surface area contributed by atoms with Crippen molar-refractivity contribution in [3.05, 3.63) is 66.5 Å². The quantitative estimate of drug-likeness (QED) is 0.556. The number of rotatable bonds is 3. The zero-order valence-corrected chi connectivity index (χ0v) is 12.8. The number of aryl methyl sites for hydroxylation is 2. The highest BCUT2D eigenvalue weighted by molar-refractivity contribution is 6.01. The van der Waals surface area contributed by atoms with E-state index in [1.807, 2.05) is 30.5 Å². The fraction of sp³-hybridized carbons (Fsp3) is 0.111. The Hall–Kier alpha value is -3.28. The van der Waals surface area contributed by atoms with Crippen molar-refractivity contribution in [2.45, 2.75) is 12.8 Å². The van der Waals surface area contributed by atoms with Crippen LogP contribution in [0.2, 0.25) is 0 Å². The van der Waals surface area contributed by atoms with E-state index in [0.29, 0.717) is 0 Å². The molecule has 4 heterocycles. The van der Waals surface area contributed by atoms with Crippen LogP contribution in [0.1, 0.15) is 11.6 Å². The molecule has 0 atom stereocenters. The summed E-state index contributed by atoms with van der Waals surface area (Å²) in [5, 5.41) is 5.59. The summed E-state index contributed by atoms with van der Waals surface area (Å²) in [6.45, 7) is 0. The third-order valence-corrected chi connectivity index (χ3v) is 4.14. The number of H-pyrrole nitrogens is 1. The van der Waals surface area contributed by atoms with E-state index in [-0.39, 0.29) is 0 Å². The van der Waals surface area contributed by atoms with Gasteiger partial charge in [-0.2, -0.15) is 5.10 Å². The number of hydrogen-bond donors (Lipinski definition) is 1. The first kappa shape index (κ1) is 13.2. The van der Waals surface area contributed by atoms with Gasteiger partial charge in [0.2, 0.25) is 0 Å². The summed E-state index contributed by atoms with van der Waals surface area (Å²) in [7, 11) is 0. The largest absolute Gasteiger partial charge is 0.342 e. The van der Waals surface area contributed by atoms with E-state index < -0.39 is 0 Å². The third kappa shape index (κ3) is 2.11. The normalized spacial score (nSPS) is 11.7. The van der Waals surface area contributed by atoms with E-state index in [2.05, 4.69) is 38.2 Å². The molecular weight excluding hydrogens is 300 g/mol. The Balaban J connectivity index is 1.47. The van der Waals surface area contributed by atoms with Crippen molar-refractivity contribution in [1.29, 1.82) is 0 Å². The number of pyridine rings is 2. The average Bonchev–Trinajstić information content (AvgIpc) is 3.23. The van der Waals surface area contributed by atoms with Gasteiger partial charge in [-0.1, -0.05) is 18.2 Å². The molecular formula is C18H14N6. The molecule has 0 radical (unpaired) electrons. The summed E-state index contributed by atoms with van der Waals surface area (Å²) in [6.07, 6.45) is 5.22. The van der Waals surface area contributed by atoms with E-state index in [1.54, 1.807) is 10.7 Å². The number of nitrogens with one attached hydrogen (secondary N) is 1. The van der Waals surface area contributed by atoms with Gasteiger partial charge in [-0.25, -0.2) is 14.5 Å². The SMILES string of the molecule is c1cnc2c(c1)ccc1[nH]c(CCc3nc4ccccn4n3)nc12. The van der Waals surface area contributed by atoms with Crippen molar-refractivity contribution in [2.24, 2.45) is 0 Å². The maximum absolute atomic E-state index is 4.73. The van der Waals surface area contributed by atoms with Crippen molar-refractivity contribution in [3.63, 3.8) is 0 Å². The molecule has 5 aromatic rings. The molecule has 0 fully saturated rings. The molecule has 0 unspecified atom stereocenters. The molecule has 24 heavy (non-hydrogen) atoms. The molecule has 0 amide bonds. The second kappa shape index (κ2) is 5.13. The number of nitrogens with zero attached hydrogens (tertiary/aromatic N) is 5. The molecule has 4 aromatic heterocycles. The second-order valence-electron chi connectivity index (χ2n) is 5.75. The van der Waals surface area contributed by atoms with Crippen LogP contribution in [-0.2, 0) is 12.8 Å². The van der Waals surface area contributed by atoms with Gasteiger partial charge in [0.05, 0.1) is 11.0 Å². The van der Waals surface area contributed by atoms with Gasteiger partial charge >= 0.3 is 0 Å². The molecule has 0 bridgehead atoms. The summed E-state index contributed by atoms with van der Waals surface area (Å²) in [6, 6.07) is 14.0. The number of fused-ring (bicyclic) bond motifs is 4. The highest BCUT2D eigenvalue weighted by Gasteiger charge is 2.09. The lowest BCUT2D eigenvalue weighted by atomic mass is 10.2. The lowest BCUT2D eigenvalue weighted by molar-refractivity contribution is 0.810. The van der Waals surface area contributed by atoms with Gasteiger partial charge in [0.15, 0.2) is 11.5 Å². The van der Waals surface area contributed by atoms with Crippen LogP contribution >= 0.6 is 0 Å². The Morgan fingerprint density at radius 3 is 2.88 bits per heavy atom. The van der Waals surface area contributed by atoms with Crippen molar-refractivity contribution >= 4 is 27.6 Å². The topological polar surface area (TPSA) is 71.8 Å². The monoisotopic (exact) mass is 314 g/mol. The van der Waals surface area contributed by atoms with E-state index in [1.165, 1.54) is 0 Å². The molecule has 0 saturated heterocycles. The number of hydrogen-bond acceptors (Lipinski definition) is 4. The second-order valence-corrected chi connectivity index (χ2v) is 5.75. The molecule has 1 aromatic carbocycles. The fourth-order valence-electron chi connectivity index (χ4n) is 2.99. The Morgan fingerprint density at radius 2 is 1.92 bits per heavy atom.